The number of carbonyl (C=O) groups excluding carboxylic acids is 2. The van der Waals surface area contributed by atoms with Crippen molar-refractivity contribution in [3.8, 4) is 5.75 Å². The summed E-state index contributed by atoms with van der Waals surface area (Å²) in [5.74, 6) is -1.22. The molecule has 2 aromatic rings. The lowest BCUT2D eigenvalue weighted by atomic mass is 10.3. The number of nitrogens with zero attached hydrogens (tertiary/aromatic N) is 4. The van der Waals surface area contributed by atoms with Crippen molar-refractivity contribution < 1.29 is 35.9 Å². The third kappa shape index (κ3) is 5.82. The summed E-state index contributed by atoms with van der Waals surface area (Å²) in [6, 6.07) is 3.19. The highest BCUT2D eigenvalue weighted by molar-refractivity contribution is 7.89. The molecule has 1 fully saturated rings. The van der Waals surface area contributed by atoms with Crippen LogP contribution < -0.4 is 15.6 Å². The number of hydrogen-bond acceptors (Lipinski definition) is 7. The van der Waals surface area contributed by atoms with Crippen LogP contribution in [0.4, 0.5) is 18.0 Å². The number of urea groups is 1. The molecule has 0 unspecified atom stereocenters. The molecule has 2 N–H and O–H groups in total. The van der Waals surface area contributed by atoms with Crippen LogP contribution in [0.1, 0.15) is 10.5 Å². The number of halogens is 3. The number of sulfonamides is 1. The summed E-state index contributed by atoms with van der Waals surface area (Å²) in [5.41, 5.74) is 4.38. The van der Waals surface area contributed by atoms with E-state index in [0.717, 1.165) is 28.6 Å². The Morgan fingerprint density at radius 3 is 2.22 bits per heavy atom. The molecule has 32 heavy (non-hydrogen) atoms. The maximum atomic E-state index is 12.7. The Morgan fingerprint density at radius 1 is 1.00 bits per heavy atom. The number of nitrogens with one attached hydrogen (secondary N) is 2. The molecule has 0 bridgehead atoms. The van der Waals surface area contributed by atoms with Crippen LogP contribution in [0.5, 0.6) is 5.75 Å². The fourth-order valence-electron chi connectivity index (χ4n) is 2.76. The Balaban J connectivity index is 1.53. The number of aromatic nitrogens is 2. The van der Waals surface area contributed by atoms with Crippen LogP contribution in [0.25, 0.3) is 0 Å². The molecule has 0 saturated carbocycles. The van der Waals surface area contributed by atoms with E-state index in [9.17, 15) is 31.2 Å². The van der Waals surface area contributed by atoms with E-state index in [0.29, 0.717) is 0 Å². The number of hydrazine groups is 1. The second kappa shape index (κ2) is 9.35. The lowest BCUT2D eigenvalue weighted by molar-refractivity contribution is -0.274. The van der Waals surface area contributed by atoms with E-state index in [1.54, 1.807) is 0 Å². The van der Waals surface area contributed by atoms with Gasteiger partial charge in [-0.15, -0.1) is 13.2 Å². The van der Waals surface area contributed by atoms with Crippen molar-refractivity contribution in [2.75, 3.05) is 26.2 Å². The summed E-state index contributed by atoms with van der Waals surface area (Å²) in [4.78, 5) is 32.7. The molecule has 1 aliphatic heterocycles. The number of amides is 3. The summed E-state index contributed by atoms with van der Waals surface area (Å²) in [5, 5.41) is 0. The third-order valence-electron chi connectivity index (χ3n) is 4.30. The zero-order chi connectivity index (χ0) is 23.4. The van der Waals surface area contributed by atoms with E-state index < -0.39 is 34.1 Å². The molecule has 2 heterocycles. The van der Waals surface area contributed by atoms with E-state index in [2.05, 4.69) is 25.6 Å². The van der Waals surface area contributed by atoms with Crippen LogP contribution in [0.3, 0.4) is 0 Å². The van der Waals surface area contributed by atoms with E-state index in [-0.39, 0.29) is 36.8 Å². The first kappa shape index (κ1) is 23.2. The Hall–Kier alpha value is -3.46. The molecule has 1 aromatic carbocycles. The summed E-state index contributed by atoms with van der Waals surface area (Å²) < 4.78 is 67.0. The topological polar surface area (TPSA) is 134 Å². The molecule has 1 saturated heterocycles. The second-order valence-corrected chi connectivity index (χ2v) is 8.32. The first-order valence-corrected chi connectivity index (χ1v) is 10.5. The van der Waals surface area contributed by atoms with Crippen LogP contribution in [0.15, 0.2) is 47.8 Å². The quantitative estimate of drug-likeness (QED) is 0.624. The predicted molar refractivity (Wildman–Crippen MR) is 101 cm³/mol. The average Bonchev–Trinajstić information content (AvgIpc) is 2.77. The van der Waals surface area contributed by atoms with Gasteiger partial charge in [-0.3, -0.25) is 15.2 Å². The first-order chi connectivity index (χ1) is 15.1. The summed E-state index contributed by atoms with van der Waals surface area (Å²) in [6.45, 7) is -0.0357. The Bertz CT molecular complexity index is 1060. The SMILES string of the molecule is O=C(NNC(=O)N1CCN(S(=O)(=O)c2ccc(OC(F)(F)F)cc2)CC1)c1cnccn1. The van der Waals surface area contributed by atoms with Gasteiger partial charge in [-0.25, -0.2) is 23.6 Å². The lowest BCUT2D eigenvalue weighted by Gasteiger charge is -2.33. The number of piperazine rings is 1. The van der Waals surface area contributed by atoms with Gasteiger partial charge >= 0.3 is 12.4 Å². The Kier molecular flexibility index (Phi) is 6.78. The van der Waals surface area contributed by atoms with Gasteiger partial charge in [-0.1, -0.05) is 0 Å². The standard InChI is InChI=1S/C17H17F3N6O5S/c18-17(19,20)31-12-1-3-13(4-2-12)32(29,30)26-9-7-25(8-10-26)16(28)24-23-15(27)14-11-21-5-6-22-14/h1-6,11H,7-10H2,(H,23,27)(H,24,28). The molecule has 11 nitrogen and oxygen atoms in total. The highest BCUT2D eigenvalue weighted by Gasteiger charge is 2.32. The first-order valence-electron chi connectivity index (χ1n) is 9.03. The smallest absolute Gasteiger partial charge is 0.406 e. The van der Waals surface area contributed by atoms with Crippen LogP contribution >= 0.6 is 0 Å². The van der Waals surface area contributed by atoms with E-state index in [1.807, 2.05) is 0 Å². The maximum Gasteiger partial charge on any atom is 0.573 e. The largest absolute Gasteiger partial charge is 0.573 e. The van der Waals surface area contributed by atoms with Crippen molar-refractivity contribution in [1.82, 2.24) is 30.0 Å². The number of benzene rings is 1. The van der Waals surface area contributed by atoms with Gasteiger partial charge in [0.05, 0.1) is 11.1 Å². The van der Waals surface area contributed by atoms with Gasteiger partial charge in [0.15, 0.2) is 0 Å². The van der Waals surface area contributed by atoms with Crippen molar-refractivity contribution in [3.63, 3.8) is 0 Å². The number of ether oxygens (including phenoxy) is 1. The maximum absolute atomic E-state index is 12.7. The fraction of sp³-hybridized carbons (Fsp3) is 0.294. The minimum atomic E-state index is -4.88. The fourth-order valence-corrected chi connectivity index (χ4v) is 4.19. The van der Waals surface area contributed by atoms with Gasteiger partial charge in [0, 0.05) is 38.6 Å². The normalized spacial score (nSPS) is 15.2. The molecule has 0 atom stereocenters. The highest BCUT2D eigenvalue weighted by Crippen LogP contribution is 2.25. The second-order valence-electron chi connectivity index (χ2n) is 6.39. The Morgan fingerprint density at radius 2 is 1.66 bits per heavy atom. The van der Waals surface area contributed by atoms with Crippen LogP contribution in [0.2, 0.25) is 0 Å². The summed E-state index contributed by atoms with van der Waals surface area (Å²) in [6.07, 6.45) is -0.973. The van der Waals surface area contributed by atoms with Crippen LogP contribution in [0, 0.1) is 0 Å². The molecule has 3 amide bonds. The van der Waals surface area contributed by atoms with Gasteiger partial charge in [0.2, 0.25) is 10.0 Å². The molecule has 1 aromatic heterocycles. The van der Waals surface area contributed by atoms with Crippen molar-refractivity contribution in [1.29, 1.82) is 0 Å². The third-order valence-corrected chi connectivity index (χ3v) is 6.21. The molecular formula is C17H17F3N6O5S. The molecule has 3 rings (SSSR count). The minimum absolute atomic E-state index is 0.00429. The summed E-state index contributed by atoms with van der Waals surface area (Å²) >= 11 is 0. The van der Waals surface area contributed by atoms with Crippen molar-refractivity contribution in [2.24, 2.45) is 0 Å². The van der Waals surface area contributed by atoms with E-state index >= 15 is 0 Å². The zero-order valence-corrected chi connectivity index (χ0v) is 17.1. The van der Waals surface area contributed by atoms with Gasteiger partial charge in [-0.05, 0) is 24.3 Å². The Labute approximate surface area is 180 Å². The van der Waals surface area contributed by atoms with Crippen molar-refractivity contribution in [2.45, 2.75) is 11.3 Å². The molecule has 0 radical (unpaired) electrons. The monoisotopic (exact) mass is 474 g/mol. The highest BCUT2D eigenvalue weighted by atomic mass is 32.2. The summed E-state index contributed by atoms with van der Waals surface area (Å²) in [7, 11) is -3.98. The van der Waals surface area contributed by atoms with Gasteiger partial charge in [-0.2, -0.15) is 4.31 Å². The van der Waals surface area contributed by atoms with Crippen molar-refractivity contribution >= 4 is 22.0 Å². The van der Waals surface area contributed by atoms with Crippen LogP contribution in [-0.4, -0.2) is 72.1 Å². The number of hydrogen-bond donors (Lipinski definition) is 2. The van der Waals surface area contributed by atoms with Gasteiger partial charge < -0.3 is 9.64 Å². The van der Waals surface area contributed by atoms with Gasteiger partial charge in [0.25, 0.3) is 5.91 Å². The molecule has 0 spiro atoms. The minimum Gasteiger partial charge on any atom is -0.406 e. The lowest BCUT2D eigenvalue weighted by Crippen LogP contribution is -2.56. The van der Waals surface area contributed by atoms with E-state index in [1.165, 1.54) is 23.5 Å². The average molecular weight is 474 g/mol. The zero-order valence-electron chi connectivity index (χ0n) is 16.2. The molecule has 0 aliphatic carbocycles. The number of alkyl halides is 3. The molecule has 15 heteroatoms. The predicted octanol–water partition coefficient (Wildman–Crippen LogP) is 0.736. The number of carbonyl (C=O) groups is 2. The molecular weight excluding hydrogens is 457 g/mol. The number of rotatable bonds is 4. The van der Waals surface area contributed by atoms with Gasteiger partial charge in [0.1, 0.15) is 11.4 Å². The van der Waals surface area contributed by atoms with Crippen molar-refractivity contribution in [3.05, 3.63) is 48.5 Å². The molecule has 1 aliphatic rings. The van der Waals surface area contributed by atoms with E-state index in [4.69, 9.17) is 0 Å². The van der Waals surface area contributed by atoms with Crippen LogP contribution in [-0.2, 0) is 10.0 Å². The molecule has 172 valence electrons.